The van der Waals surface area contributed by atoms with E-state index < -0.39 is 0 Å². The Labute approximate surface area is 263 Å². The second-order valence-electron chi connectivity index (χ2n) is 9.99. The molecule has 7 aromatic rings. The van der Waals surface area contributed by atoms with Gasteiger partial charge in [-0.05, 0) is 22.4 Å². The van der Waals surface area contributed by atoms with Crippen LogP contribution in [0.25, 0.3) is 89.4 Å². The van der Waals surface area contributed by atoms with Crippen LogP contribution in [0.2, 0.25) is 0 Å². The van der Waals surface area contributed by atoms with Crippen molar-refractivity contribution in [3.8, 4) is 45.3 Å². The summed E-state index contributed by atoms with van der Waals surface area (Å²) in [6.07, 6.45) is 0. The number of hydrogen-bond donors (Lipinski definition) is 0. The molecule has 0 atom stereocenters. The molecule has 9 heteroatoms. The first-order valence-corrected chi connectivity index (χ1v) is 14.2. The third-order valence-electron chi connectivity index (χ3n) is 7.65. The number of halogens is 1. The van der Waals surface area contributed by atoms with E-state index in [1.165, 1.54) is 0 Å². The Bertz CT molecular complexity index is 2250. The van der Waals surface area contributed by atoms with Crippen LogP contribution >= 0.6 is 22.9 Å². The van der Waals surface area contributed by atoms with E-state index in [9.17, 15) is 0 Å². The fourth-order valence-electron chi connectivity index (χ4n) is 5.75. The van der Waals surface area contributed by atoms with Crippen molar-refractivity contribution in [2.45, 2.75) is 0 Å². The summed E-state index contributed by atoms with van der Waals surface area (Å²) in [4.78, 5) is 30.3. The number of nitrogens with zero attached hydrogens (tertiary/aromatic N) is 7. The van der Waals surface area contributed by atoms with Crippen LogP contribution in [0.5, 0.6) is 0 Å². The van der Waals surface area contributed by atoms with Crippen LogP contribution in [0.1, 0.15) is 0 Å². The smallest absolute Gasteiger partial charge is 0.163 e. The molecule has 4 aromatic carbocycles. The summed E-state index contributed by atoms with van der Waals surface area (Å²) in [6.45, 7) is 0. The molecule has 0 fully saturated rings. The monoisotopic (exact) mass is 701 g/mol. The molecule has 0 amide bonds. The van der Waals surface area contributed by atoms with Gasteiger partial charge in [0.15, 0.2) is 17.1 Å². The SMILES string of the molecule is In1c2nc3cc(nc4[n-]c(nc5nc(nc1c1ccccc12)-c1ccccc1-5)c1ccccc41)-c1ccccc1-3.[Cu]. The molecule has 0 saturated carbocycles. The summed E-state index contributed by atoms with van der Waals surface area (Å²) in [5.74, 6) is 1.20. The molecule has 0 spiro atoms. The first kappa shape index (κ1) is 25.3. The van der Waals surface area contributed by atoms with Gasteiger partial charge in [0, 0.05) is 61.5 Å². The maximum absolute atomic E-state index is 5.23. The van der Waals surface area contributed by atoms with Gasteiger partial charge in [-0.15, -0.1) is 0 Å². The van der Waals surface area contributed by atoms with Gasteiger partial charge in [-0.1, -0.05) is 97.1 Å². The molecule has 4 heterocycles. The maximum atomic E-state index is 5.23. The van der Waals surface area contributed by atoms with Crippen molar-refractivity contribution in [2.24, 2.45) is 0 Å². The van der Waals surface area contributed by atoms with Crippen LogP contribution in [-0.4, -0.2) is 27.7 Å². The first-order valence-electron chi connectivity index (χ1n) is 13.2. The van der Waals surface area contributed by atoms with Gasteiger partial charge in [0.1, 0.15) is 0 Å². The maximum Gasteiger partial charge on any atom is 0.163 e. The molecule has 0 N–H and O–H groups in total. The largest absolute Gasteiger partial charge is 0.360 e. The van der Waals surface area contributed by atoms with Gasteiger partial charge in [-0.25, -0.2) is 17.7 Å². The number of hydrogen-bond acceptors (Lipinski definition) is 5. The molecule has 7 nitrogen and oxygen atoms in total. The molecule has 42 heavy (non-hydrogen) atoms. The molecule has 0 unspecified atom stereocenters. The second-order valence-corrected chi connectivity index (χ2v) is 11.0. The Balaban J connectivity index is 0.00000267. The summed E-state index contributed by atoms with van der Waals surface area (Å²) in [5, 5.41) is 3.89. The quantitative estimate of drug-likeness (QED) is 0.119. The Morgan fingerprint density at radius 1 is 0.476 bits per heavy atom. The van der Waals surface area contributed by atoms with Gasteiger partial charge in [0.25, 0.3) is 0 Å². The average molecular weight is 702 g/mol. The first-order chi connectivity index (χ1) is 20.2. The molecule has 203 valence electrons. The summed E-state index contributed by atoms with van der Waals surface area (Å²) in [7, 11) is 0. The molecular weight excluding hydrogens is 685 g/mol. The van der Waals surface area contributed by atoms with Crippen LogP contribution in [0.3, 0.4) is 0 Å². The summed E-state index contributed by atoms with van der Waals surface area (Å²) in [5.41, 5.74) is 8.39. The second kappa shape index (κ2) is 9.55. The van der Waals surface area contributed by atoms with Crippen molar-refractivity contribution >= 4 is 67.0 Å². The molecule has 1 radical (unpaired) electrons. The Kier molecular flexibility index (Phi) is 5.75. The minimum absolute atomic E-state index is 0. The fourth-order valence-corrected chi connectivity index (χ4v) is 6.49. The Morgan fingerprint density at radius 2 is 0.929 bits per heavy atom. The third-order valence-corrected chi connectivity index (χ3v) is 8.56. The third kappa shape index (κ3) is 3.67. The minimum Gasteiger partial charge on any atom is -0.360 e. The average Bonchev–Trinajstić information content (AvgIpc) is 3.72. The van der Waals surface area contributed by atoms with Crippen LogP contribution in [0.4, 0.5) is 0 Å². The zero-order valence-corrected chi connectivity index (χ0v) is 24.7. The molecule has 1 aliphatic heterocycles. The minimum atomic E-state index is 0. The Morgan fingerprint density at radius 3 is 1.55 bits per heavy atom. The van der Waals surface area contributed by atoms with Gasteiger partial charge in [0.05, 0.1) is 34.4 Å². The summed E-state index contributed by atoms with van der Waals surface area (Å²) in [6, 6.07) is 34.7. The van der Waals surface area contributed by atoms with Crippen molar-refractivity contribution in [3.05, 3.63) is 103 Å². The van der Waals surface area contributed by atoms with Gasteiger partial charge in [-0.2, -0.15) is 0 Å². The molecule has 1 aliphatic carbocycles. The van der Waals surface area contributed by atoms with Crippen molar-refractivity contribution < 1.29 is 17.1 Å². The normalized spacial score (nSPS) is 11.7. The van der Waals surface area contributed by atoms with Gasteiger partial charge < -0.3 is 15.0 Å². The standard InChI is InChI=1S/C33H17IN7.Cu/c34-41-32-24-15-7-8-16-25(24)33(41)40-31-23-14-6-5-13-22(23)30(39-31)38-29-21-12-4-3-11-20(21)28(37-29)35-26-17-27(36-32)19-10-2-1-9-18(19)26;/h1-17H;/q-1;. The van der Waals surface area contributed by atoms with Gasteiger partial charge >= 0.3 is 0 Å². The van der Waals surface area contributed by atoms with Crippen LogP contribution in [0, 0.1) is 0 Å². The number of benzene rings is 4. The van der Waals surface area contributed by atoms with E-state index in [2.05, 4.69) is 47.1 Å². The van der Waals surface area contributed by atoms with Gasteiger partial charge in [0.2, 0.25) is 0 Å². The zero-order chi connectivity index (χ0) is 27.1. The summed E-state index contributed by atoms with van der Waals surface area (Å²) >= 11 is 2.29. The number of aromatic nitrogens is 7. The van der Waals surface area contributed by atoms with E-state index in [-0.39, 0.29) is 17.1 Å². The fraction of sp³-hybridized carbons (Fsp3) is 0. The van der Waals surface area contributed by atoms with Crippen LogP contribution in [0.15, 0.2) is 103 Å². The molecular formula is C33H17CuIN7-. The van der Waals surface area contributed by atoms with Crippen molar-refractivity contribution in [1.82, 2.24) is 32.7 Å². The Hall–Kier alpha value is -4.44. The molecule has 8 bridgehead atoms. The topological polar surface area (TPSA) is 83.5 Å². The van der Waals surface area contributed by atoms with E-state index in [0.717, 1.165) is 66.5 Å². The van der Waals surface area contributed by atoms with Gasteiger partial charge in [-0.3, -0.25) is 0 Å². The predicted octanol–water partition coefficient (Wildman–Crippen LogP) is 7.77. The molecule has 2 aliphatic rings. The summed E-state index contributed by atoms with van der Waals surface area (Å²) < 4.78 is 2.02. The molecule has 3 aromatic heterocycles. The van der Waals surface area contributed by atoms with E-state index in [1.54, 1.807) is 0 Å². The predicted molar refractivity (Wildman–Crippen MR) is 170 cm³/mol. The van der Waals surface area contributed by atoms with Crippen molar-refractivity contribution in [1.29, 1.82) is 0 Å². The van der Waals surface area contributed by atoms with Crippen molar-refractivity contribution in [2.75, 3.05) is 0 Å². The van der Waals surface area contributed by atoms with E-state index in [1.807, 2.05) is 81.6 Å². The van der Waals surface area contributed by atoms with E-state index >= 15 is 0 Å². The van der Waals surface area contributed by atoms with E-state index in [0.29, 0.717) is 22.9 Å². The van der Waals surface area contributed by atoms with E-state index in [4.69, 9.17) is 29.9 Å². The van der Waals surface area contributed by atoms with Crippen LogP contribution in [-0.2, 0) is 17.1 Å². The molecule has 9 rings (SSSR count). The van der Waals surface area contributed by atoms with Crippen molar-refractivity contribution in [3.63, 3.8) is 0 Å². The molecule has 0 saturated heterocycles. The number of rotatable bonds is 0. The number of fused-ring (bicyclic) bond motifs is 20. The van der Waals surface area contributed by atoms with Crippen LogP contribution < -0.4 is 4.98 Å². The zero-order valence-electron chi connectivity index (χ0n) is 21.6.